The van der Waals surface area contributed by atoms with E-state index in [1.807, 2.05) is 54.6 Å². The van der Waals surface area contributed by atoms with Gasteiger partial charge in [0.2, 0.25) is 0 Å². The van der Waals surface area contributed by atoms with Gasteiger partial charge in [0.1, 0.15) is 5.75 Å². The Kier molecular flexibility index (Phi) is 3.91. The van der Waals surface area contributed by atoms with E-state index in [-0.39, 0.29) is 11.9 Å². The minimum Gasteiger partial charge on any atom is -0.478 e. The molecule has 2 aromatic carbocycles. The van der Waals surface area contributed by atoms with Crippen molar-refractivity contribution >= 4 is 5.97 Å². The van der Waals surface area contributed by atoms with Crippen molar-refractivity contribution in [2.75, 3.05) is 7.11 Å². The molecule has 0 heterocycles. The van der Waals surface area contributed by atoms with Crippen LogP contribution in [0.4, 0.5) is 0 Å². The highest BCUT2D eigenvalue weighted by Gasteiger charge is 2.39. The molecule has 0 aromatic heterocycles. The molecule has 0 amide bonds. The molecule has 1 atom stereocenters. The predicted octanol–water partition coefficient (Wildman–Crippen LogP) is 3.68. The maximum Gasteiger partial charge on any atom is 0.347 e. The molecule has 0 spiro atoms. The highest BCUT2D eigenvalue weighted by molar-refractivity contribution is 5.77. The standard InChI is InChI=1S/C18H18O3/c1-20-18(19)17(14-11-12-14)21-16-10-6-5-9-15(16)13-7-3-2-4-8-13/h2-10,14,17H,11-12H2,1H3. The summed E-state index contributed by atoms with van der Waals surface area (Å²) in [6.07, 6.45) is 1.54. The molecule has 0 N–H and O–H groups in total. The van der Waals surface area contributed by atoms with Crippen LogP contribution in [-0.2, 0) is 9.53 Å². The van der Waals surface area contributed by atoms with Crippen molar-refractivity contribution in [3.8, 4) is 16.9 Å². The number of hydrogen-bond donors (Lipinski definition) is 0. The van der Waals surface area contributed by atoms with Crippen LogP contribution in [0, 0.1) is 5.92 Å². The normalized spacial score (nSPS) is 15.3. The van der Waals surface area contributed by atoms with E-state index in [9.17, 15) is 4.79 Å². The summed E-state index contributed by atoms with van der Waals surface area (Å²) in [6.45, 7) is 0. The smallest absolute Gasteiger partial charge is 0.347 e. The third kappa shape index (κ3) is 3.07. The molecular weight excluding hydrogens is 264 g/mol. The van der Waals surface area contributed by atoms with Gasteiger partial charge in [0, 0.05) is 11.5 Å². The fraction of sp³-hybridized carbons (Fsp3) is 0.278. The molecule has 1 fully saturated rings. The Hall–Kier alpha value is -2.29. The first kappa shape index (κ1) is 13.7. The minimum atomic E-state index is -0.500. The molecule has 108 valence electrons. The first-order valence-electron chi connectivity index (χ1n) is 7.18. The molecule has 1 aliphatic carbocycles. The molecule has 0 saturated heterocycles. The number of para-hydroxylation sites is 1. The molecular formula is C18H18O3. The molecule has 2 aromatic rings. The van der Waals surface area contributed by atoms with Crippen molar-refractivity contribution in [2.45, 2.75) is 18.9 Å². The van der Waals surface area contributed by atoms with Crippen molar-refractivity contribution < 1.29 is 14.3 Å². The second-order valence-electron chi connectivity index (χ2n) is 5.26. The Morgan fingerprint density at radius 3 is 2.38 bits per heavy atom. The lowest BCUT2D eigenvalue weighted by atomic mass is 10.0. The highest BCUT2D eigenvalue weighted by atomic mass is 16.6. The third-order valence-electron chi connectivity index (χ3n) is 3.71. The quantitative estimate of drug-likeness (QED) is 0.785. The van der Waals surface area contributed by atoms with Crippen LogP contribution in [-0.4, -0.2) is 19.2 Å². The Balaban J connectivity index is 1.90. The summed E-state index contributed by atoms with van der Waals surface area (Å²) in [6, 6.07) is 17.8. The van der Waals surface area contributed by atoms with Gasteiger partial charge in [-0.15, -0.1) is 0 Å². The van der Waals surface area contributed by atoms with Gasteiger partial charge in [0.25, 0.3) is 0 Å². The van der Waals surface area contributed by atoms with Crippen LogP contribution >= 0.6 is 0 Å². The SMILES string of the molecule is COC(=O)C(Oc1ccccc1-c1ccccc1)C1CC1. The molecule has 3 heteroatoms. The topological polar surface area (TPSA) is 35.5 Å². The van der Waals surface area contributed by atoms with Gasteiger partial charge in [-0.05, 0) is 24.5 Å². The summed E-state index contributed by atoms with van der Waals surface area (Å²) in [5.74, 6) is 0.715. The first-order chi connectivity index (χ1) is 10.3. The van der Waals surface area contributed by atoms with E-state index in [0.29, 0.717) is 0 Å². The number of hydrogen-bond acceptors (Lipinski definition) is 3. The number of ether oxygens (including phenoxy) is 2. The highest BCUT2D eigenvalue weighted by Crippen LogP contribution is 2.38. The minimum absolute atomic E-state index is 0.279. The monoisotopic (exact) mass is 282 g/mol. The Morgan fingerprint density at radius 2 is 1.71 bits per heavy atom. The van der Waals surface area contributed by atoms with Gasteiger partial charge in [-0.3, -0.25) is 0 Å². The van der Waals surface area contributed by atoms with Gasteiger partial charge in [-0.25, -0.2) is 4.79 Å². The van der Waals surface area contributed by atoms with Gasteiger partial charge < -0.3 is 9.47 Å². The Labute approximate surface area is 124 Å². The molecule has 1 saturated carbocycles. The summed E-state index contributed by atoms with van der Waals surface area (Å²) in [4.78, 5) is 11.9. The van der Waals surface area contributed by atoms with Crippen LogP contribution in [0.5, 0.6) is 5.75 Å². The van der Waals surface area contributed by atoms with Crippen molar-refractivity contribution in [2.24, 2.45) is 5.92 Å². The van der Waals surface area contributed by atoms with Crippen LogP contribution in [0.25, 0.3) is 11.1 Å². The summed E-state index contributed by atoms with van der Waals surface area (Å²) in [5.41, 5.74) is 2.07. The molecule has 1 unspecified atom stereocenters. The summed E-state index contributed by atoms with van der Waals surface area (Å²) in [7, 11) is 1.41. The first-order valence-corrected chi connectivity index (χ1v) is 7.18. The Bertz CT molecular complexity index is 617. The number of methoxy groups -OCH3 is 1. The maximum atomic E-state index is 11.9. The molecule has 3 rings (SSSR count). The van der Waals surface area contributed by atoms with E-state index < -0.39 is 6.10 Å². The lowest BCUT2D eigenvalue weighted by Crippen LogP contribution is -2.30. The van der Waals surface area contributed by atoms with E-state index in [2.05, 4.69) is 0 Å². The fourth-order valence-electron chi connectivity index (χ4n) is 2.41. The summed E-state index contributed by atoms with van der Waals surface area (Å²) in [5, 5.41) is 0. The molecule has 1 aliphatic rings. The molecule has 0 radical (unpaired) electrons. The molecule has 3 nitrogen and oxygen atoms in total. The largest absolute Gasteiger partial charge is 0.478 e. The van der Waals surface area contributed by atoms with Crippen LogP contribution in [0.1, 0.15) is 12.8 Å². The fourth-order valence-corrected chi connectivity index (χ4v) is 2.41. The molecule has 21 heavy (non-hydrogen) atoms. The Morgan fingerprint density at radius 1 is 1.05 bits per heavy atom. The zero-order valence-corrected chi connectivity index (χ0v) is 12.0. The number of rotatable bonds is 5. The van der Waals surface area contributed by atoms with Crippen molar-refractivity contribution in [1.82, 2.24) is 0 Å². The summed E-state index contributed by atoms with van der Waals surface area (Å²) < 4.78 is 10.9. The van der Waals surface area contributed by atoms with Gasteiger partial charge in [-0.2, -0.15) is 0 Å². The van der Waals surface area contributed by atoms with Crippen molar-refractivity contribution in [3.05, 3.63) is 54.6 Å². The van der Waals surface area contributed by atoms with E-state index in [1.165, 1.54) is 7.11 Å². The van der Waals surface area contributed by atoms with Crippen LogP contribution < -0.4 is 4.74 Å². The third-order valence-corrected chi connectivity index (χ3v) is 3.71. The lowest BCUT2D eigenvalue weighted by molar-refractivity contribution is -0.149. The van der Waals surface area contributed by atoms with Gasteiger partial charge >= 0.3 is 5.97 Å². The average Bonchev–Trinajstić information content (AvgIpc) is 3.38. The molecule has 0 bridgehead atoms. The molecule has 0 aliphatic heterocycles. The van der Waals surface area contributed by atoms with Crippen LogP contribution in [0.15, 0.2) is 54.6 Å². The number of carbonyl (C=O) groups excluding carboxylic acids is 1. The summed E-state index contributed by atoms with van der Waals surface area (Å²) >= 11 is 0. The van der Waals surface area contributed by atoms with Gasteiger partial charge in [0.15, 0.2) is 6.10 Å². The predicted molar refractivity (Wildman–Crippen MR) is 81.0 cm³/mol. The lowest BCUT2D eigenvalue weighted by Gasteiger charge is -2.18. The van der Waals surface area contributed by atoms with Crippen molar-refractivity contribution in [1.29, 1.82) is 0 Å². The average molecular weight is 282 g/mol. The van der Waals surface area contributed by atoms with Crippen molar-refractivity contribution in [3.63, 3.8) is 0 Å². The number of benzene rings is 2. The number of esters is 1. The second kappa shape index (κ2) is 6.00. The zero-order valence-electron chi connectivity index (χ0n) is 12.0. The van der Waals surface area contributed by atoms with E-state index in [4.69, 9.17) is 9.47 Å². The maximum absolute atomic E-state index is 11.9. The number of carbonyl (C=O) groups is 1. The van der Waals surface area contributed by atoms with Gasteiger partial charge in [-0.1, -0.05) is 48.5 Å². The van der Waals surface area contributed by atoms with Crippen LogP contribution in [0.2, 0.25) is 0 Å². The van der Waals surface area contributed by atoms with Gasteiger partial charge in [0.05, 0.1) is 7.11 Å². The zero-order chi connectivity index (χ0) is 14.7. The van der Waals surface area contributed by atoms with E-state index in [0.717, 1.165) is 29.7 Å². The second-order valence-corrected chi connectivity index (χ2v) is 5.26. The van der Waals surface area contributed by atoms with E-state index >= 15 is 0 Å². The van der Waals surface area contributed by atoms with E-state index in [1.54, 1.807) is 0 Å². The van der Waals surface area contributed by atoms with Crippen LogP contribution in [0.3, 0.4) is 0 Å².